The van der Waals surface area contributed by atoms with Crippen LogP contribution in [0.25, 0.3) is 10.9 Å². The van der Waals surface area contributed by atoms with Gasteiger partial charge in [-0.25, -0.2) is 0 Å². The number of ether oxygens (including phenoxy) is 1. The van der Waals surface area contributed by atoms with Gasteiger partial charge >= 0.3 is 0 Å². The molecule has 0 saturated carbocycles. The van der Waals surface area contributed by atoms with Crippen molar-refractivity contribution in [1.82, 2.24) is 20.4 Å². The fourth-order valence-electron chi connectivity index (χ4n) is 4.01. The predicted molar refractivity (Wildman–Crippen MR) is 98.4 cm³/mol. The molecule has 2 unspecified atom stereocenters. The van der Waals surface area contributed by atoms with E-state index < -0.39 is 0 Å². The number of phenols is 1. The van der Waals surface area contributed by atoms with Crippen LogP contribution < -0.4 is 10.6 Å². The van der Waals surface area contributed by atoms with Gasteiger partial charge in [-0.1, -0.05) is 6.92 Å². The largest absolute Gasteiger partial charge is 0.508 e. The number of benzene rings is 1. The molecule has 0 aliphatic carbocycles. The highest BCUT2D eigenvalue weighted by atomic mass is 16.5. The molecule has 2 fully saturated rings. The van der Waals surface area contributed by atoms with Crippen molar-refractivity contribution in [3.63, 3.8) is 0 Å². The van der Waals surface area contributed by atoms with Crippen LogP contribution in [0.2, 0.25) is 0 Å². The first-order valence-corrected chi connectivity index (χ1v) is 9.41. The van der Waals surface area contributed by atoms with Gasteiger partial charge in [-0.05, 0) is 38.3 Å². The van der Waals surface area contributed by atoms with E-state index in [2.05, 4.69) is 29.6 Å². The second-order valence-electron chi connectivity index (χ2n) is 7.49. The summed E-state index contributed by atoms with van der Waals surface area (Å²) in [7, 11) is 0. The molecule has 0 radical (unpaired) electrons. The zero-order valence-corrected chi connectivity index (χ0v) is 15.2. The molecule has 1 aromatic carbocycles. The number of morpholine rings is 1. The fraction of sp³-hybridized carbons (Fsp3) is 0.579. The second-order valence-corrected chi connectivity index (χ2v) is 7.49. The molecule has 1 amide bonds. The zero-order valence-electron chi connectivity index (χ0n) is 15.2. The first-order valence-electron chi connectivity index (χ1n) is 9.41. The third-order valence-electron chi connectivity index (χ3n) is 5.50. The van der Waals surface area contributed by atoms with E-state index in [4.69, 9.17) is 4.74 Å². The maximum Gasteiger partial charge on any atom is 0.272 e. The maximum atomic E-state index is 13.0. The second kappa shape index (κ2) is 6.89. The molecule has 2 bridgehead atoms. The minimum absolute atomic E-state index is 0.128. The van der Waals surface area contributed by atoms with Crippen molar-refractivity contribution in [2.75, 3.05) is 13.2 Å². The lowest BCUT2D eigenvalue weighted by Crippen LogP contribution is -2.58. The summed E-state index contributed by atoms with van der Waals surface area (Å²) in [5, 5.41) is 21.9. The van der Waals surface area contributed by atoms with Crippen molar-refractivity contribution in [3.05, 3.63) is 23.9 Å². The molecule has 1 aromatic heterocycles. The van der Waals surface area contributed by atoms with Crippen molar-refractivity contribution in [3.8, 4) is 5.75 Å². The quantitative estimate of drug-likeness (QED) is 0.778. The highest BCUT2D eigenvalue weighted by Gasteiger charge is 2.33. The van der Waals surface area contributed by atoms with Crippen LogP contribution in [-0.4, -0.2) is 52.1 Å². The molecule has 3 N–H and O–H groups in total. The van der Waals surface area contributed by atoms with Crippen LogP contribution in [0, 0.1) is 0 Å². The number of carbonyl (C=O) groups is 1. The average Bonchev–Trinajstić information content (AvgIpc) is 2.99. The summed E-state index contributed by atoms with van der Waals surface area (Å²) >= 11 is 0. The van der Waals surface area contributed by atoms with Crippen LogP contribution in [0.4, 0.5) is 0 Å². The molecular weight excluding hydrogens is 332 g/mol. The number of amides is 1. The lowest BCUT2D eigenvalue weighted by molar-refractivity contribution is 0.0148. The summed E-state index contributed by atoms with van der Waals surface area (Å²) in [6, 6.07) is 5.94. The highest BCUT2D eigenvalue weighted by Crippen LogP contribution is 2.27. The summed E-state index contributed by atoms with van der Waals surface area (Å²) < 4.78 is 7.41. The highest BCUT2D eigenvalue weighted by molar-refractivity contribution is 6.05. The third-order valence-corrected chi connectivity index (χ3v) is 5.50. The number of piperidine rings is 1. The molecule has 2 aliphatic heterocycles. The SMILES string of the molecule is CC[C@H](C)n1nc(C(=O)NC2CC3COCC(C2)N3)c2ccc(O)cc21. The summed E-state index contributed by atoms with van der Waals surface area (Å²) in [6.07, 6.45) is 2.63. The summed E-state index contributed by atoms with van der Waals surface area (Å²) in [5.74, 6) is 0.0359. The Balaban J connectivity index is 1.60. The molecule has 7 heteroatoms. The molecule has 7 nitrogen and oxygen atoms in total. The normalized spacial score (nSPS) is 26.6. The fourth-order valence-corrected chi connectivity index (χ4v) is 4.01. The number of hydrogen-bond acceptors (Lipinski definition) is 5. The van der Waals surface area contributed by atoms with Crippen LogP contribution in [-0.2, 0) is 4.74 Å². The number of aromatic nitrogens is 2. The molecule has 26 heavy (non-hydrogen) atoms. The lowest BCUT2D eigenvalue weighted by Gasteiger charge is -2.40. The van der Waals surface area contributed by atoms with Crippen LogP contribution in [0.15, 0.2) is 18.2 Å². The van der Waals surface area contributed by atoms with Gasteiger partial charge in [0.05, 0.1) is 18.7 Å². The first kappa shape index (κ1) is 17.3. The van der Waals surface area contributed by atoms with E-state index in [1.807, 2.05) is 4.68 Å². The zero-order chi connectivity index (χ0) is 18.3. The molecule has 140 valence electrons. The van der Waals surface area contributed by atoms with Crippen LogP contribution in [0.1, 0.15) is 49.6 Å². The van der Waals surface area contributed by atoms with Gasteiger partial charge in [0.1, 0.15) is 5.75 Å². The van der Waals surface area contributed by atoms with Crippen LogP contribution >= 0.6 is 0 Å². The van der Waals surface area contributed by atoms with E-state index in [9.17, 15) is 9.90 Å². The minimum Gasteiger partial charge on any atom is -0.508 e. The number of hydrogen-bond donors (Lipinski definition) is 3. The van der Waals surface area contributed by atoms with Gasteiger partial charge in [-0.2, -0.15) is 5.10 Å². The van der Waals surface area contributed by atoms with Gasteiger partial charge in [0, 0.05) is 35.6 Å². The molecule has 3 heterocycles. The molecule has 0 spiro atoms. The Bertz CT molecular complexity index is 806. The first-order chi connectivity index (χ1) is 12.5. The molecule has 3 atom stereocenters. The Hall–Kier alpha value is -2.12. The monoisotopic (exact) mass is 358 g/mol. The minimum atomic E-state index is -0.145. The Kier molecular flexibility index (Phi) is 4.58. The van der Waals surface area contributed by atoms with Crippen molar-refractivity contribution >= 4 is 16.8 Å². The van der Waals surface area contributed by atoms with Crippen molar-refractivity contribution < 1.29 is 14.6 Å². The molecule has 2 saturated heterocycles. The van der Waals surface area contributed by atoms with Gasteiger partial charge in [-0.3, -0.25) is 9.48 Å². The van der Waals surface area contributed by atoms with E-state index in [0.717, 1.165) is 30.2 Å². The Morgan fingerprint density at radius 2 is 2.15 bits per heavy atom. The smallest absolute Gasteiger partial charge is 0.272 e. The maximum absolute atomic E-state index is 13.0. The summed E-state index contributed by atoms with van der Waals surface area (Å²) in [6.45, 7) is 5.55. The summed E-state index contributed by atoms with van der Waals surface area (Å²) in [5.41, 5.74) is 1.22. The number of aromatic hydroxyl groups is 1. The van der Waals surface area contributed by atoms with Gasteiger partial charge in [0.2, 0.25) is 0 Å². The Morgan fingerprint density at radius 3 is 2.85 bits per heavy atom. The van der Waals surface area contributed by atoms with E-state index in [1.54, 1.807) is 18.2 Å². The number of phenolic OH excluding ortho intramolecular Hbond substituents is 1. The van der Waals surface area contributed by atoms with Crippen LogP contribution in [0.5, 0.6) is 5.75 Å². The third kappa shape index (κ3) is 3.17. The van der Waals surface area contributed by atoms with Crippen molar-refractivity contribution in [1.29, 1.82) is 0 Å². The van der Waals surface area contributed by atoms with Gasteiger partial charge in [0.15, 0.2) is 5.69 Å². The van der Waals surface area contributed by atoms with Gasteiger partial charge in [0.25, 0.3) is 5.91 Å². The molecule has 2 aliphatic rings. The summed E-state index contributed by atoms with van der Waals surface area (Å²) in [4.78, 5) is 13.0. The van der Waals surface area contributed by atoms with E-state index in [1.165, 1.54) is 0 Å². The van der Waals surface area contributed by atoms with Gasteiger partial charge in [-0.15, -0.1) is 0 Å². The number of carbonyl (C=O) groups excluding carboxylic acids is 1. The Morgan fingerprint density at radius 1 is 1.42 bits per heavy atom. The van der Waals surface area contributed by atoms with E-state index >= 15 is 0 Å². The van der Waals surface area contributed by atoms with E-state index in [0.29, 0.717) is 31.0 Å². The molecule has 4 rings (SSSR count). The topological polar surface area (TPSA) is 88.4 Å². The number of rotatable bonds is 4. The Labute approximate surface area is 152 Å². The average molecular weight is 358 g/mol. The van der Waals surface area contributed by atoms with Gasteiger partial charge < -0.3 is 20.5 Å². The van der Waals surface area contributed by atoms with Crippen LogP contribution in [0.3, 0.4) is 0 Å². The predicted octanol–water partition coefficient (Wildman–Crippen LogP) is 1.96. The number of nitrogens with one attached hydrogen (secondary N) is 2. The standard InChI is InChI=1S/C19H26N4O3/c1-3-11(2)23-17-8-15(24)4-5-16(17)18(22-23)19(25)21-12-6-13-9-26-10-14(7-12)20-13/h4-5,8,11-14,20,24H,3,6-7,9-10H2,1-2H3,(H,21,25)/t11-,12?,13?,14?/m0/s1. The number of nitrogens with zero attached hydrogens (tertiary/aromatic N) is 2. The number of fused-ring (bicyclic) bond motifs is 3. The molecular formula is C19H26N4O3. The lowest BCUT2D eigenvalue weighted by atomic mass is 9.92. The van der Waals surface area contributed by atoms with Crippen molar-refractivity contribution in [2.45, 2.75) is 57.3 Å². The van der Waals surface area contributed by atoms with E-state index in [-0.39, 0.29) is 23.7 Å². The molecule has 2 aromatic rings. The van der Waals surface area contributed by atoms with Crippen molar-refractivity contribution in [2.24, 2.45) is 0 Å².